The van der Waals surface area contributed by atoms with Crippen LogP contribution < -0.4 is 10.2 Å². The van der Waals surface area contributed by atoms with Gasteiger partial charge in [-0.1, -0.05) is 18.2 Å². The molecule has 1 aliphatic rings. The van der Waals surface area contributed by atoms with Gasteiger partial charge in [0.05, 0.1) is 5.52 Å². The maximum Gasteiger partial charge on any atom is 0.129 e. The molecule has 0 atom stereocenters. The summed E-state index contributed by atoms with van der Waals surface area (Å²) in [5.74, 6) is 3.61. The predicted molar refractivity (Wildman–Crippen MR) is 88.7 cm³/mol. The Hall–Kier alpha value is -1.26. The molecule has 0 aliphatic carbocycles. The highest BCUT2D eigenvalue weighted by molar-refractivity contribution is 7.99. The summed E-state index contributed by atoms with van der Waals surface area (Å²) >= 11 is 2.05. The van der Waals surface area contributed by atoms with Crippen LogP contribution in [0.2, 0.25) is 0 Å². The summed E-state index contributed by atoms with van der Waals surface area (Å²) in [5, 5.41) is 4.53. The van der Waals surface area contributed by atoms with Crippen LogP contribution in [0, 0.1) is 0 Å². The van der Waals surface area contributed by atoms with Crippen molar-refractivity contribution in [2.24, 2.45) is 0 Å². The normalized spacial score (nSPS) is 16.4. The zero-order valence-electron chi connectivity index (χ0n) is 11.9. The molecule has 1 aliphatic heterocycles. The maximum atomic E-state index is 4.87. The number of rotatable bonds is 3. The standard InChI is InChI=1S/C16H21N3S/c1-17-12-13-11-16(19-7-4-9-20-10-8-19)18-15-6-3-2-5-14(13)15/h2-3,5-6,11,17H,4,7-10,12H2,1H3. The average molecular weight is 287 g/mol. The van der Waals surface area contributed by atoms with Crippen molar-refractivity contribution in [1.29, 1.82) is 0 Å². The number of hydrogen-bond acceptors (Lipinski definition) is 4. The molecule has 1 aromatic heterocycles. The van der Waals surface area contributed by atoms with Gasteiger partial charge in [0.2, 0.25) is 0 Å². The number of benzene rings is 1. The van der Waals surface area contributed by atoms with E-state index in [1.165, 1.54) is 28.9 Å². The minimum absolute atomic E-state index is 0.888. The summed E-state index contributed by atoms with van der Waals surface area (Å²) in [6.45, 7) is 3.12. The van der Waals surface area contributed by atoms with Crippen molar-refractivity contribution in [3.63, 3.8) is 0 Å². The zero-order chi connectivity index (χ0) is 13.8. The zero-order valence-corrected chi connectivity index (χ0v) is 12.7. The smallest absolute Gasteiger partial charge is 0.129 e. The number of aromatic nitrogens is 1. The van der Waals surface area contributed by atoms with Crippen LogP contribution >= 0.6 is 11.8 Å². The van der Waals surface area contributed by atoms with Gasteiger partial charge in [-0.25, -0.2) is 4.98 Å². The van der Waals surface area contributed by atoms with E-state index in [0.29, 0.717) is 0 Å². The molecule has 0 saturated carbocycles. The van der Waals surface area contributed by atoms with E-state index in [9.17, 15) is 0 Å². The van der Waals surface area contributed by atoms with Crippen LogP contribution in [-0.4, -0.2) is 36.6 Å². The minimum atomic E-state index is 0.888. The van der Waals surface area contributed by atoms with Crippen LogP contribution in [0.25, 0.3) is 10.9 Å². The largest absolute Gasteiger partial charge is 0.356 e. The lowest BCUT2D eigenvalue weighted by Crippen LogP contribution is -2.26. The number of para-hydroxylation sites is 1. The SMILES string of the molecule is CNCc1cc(N2CCCSCC2)nc2ccccc12. The number of anilines is 1. The first-order chi connectivity index (χ1) is 9.88. The molecule has 3 rings (SSSR count). The van der Waals surface area contributed by atoms with Gasteiger partial charge in [0.25, 0.3) is 0 Å². The van der Waals surface area contributed by atoms with Crippen molar-refractivity contribution in [2.75, 3.05) is 36.5 Å². The molecular weight excluding hydrogens is 266 g/mol. The highest BCUT2D eigenvalue weighted by Crippen LogP contribution is 2.24. The van der Waals surface area contributed by atoms with Crippen molar-refractivity contribution in [1.82, 2.24) is 10.3 Å². The van der Waals surface area contributed by atoms with E-state index in [1.807, 2.05) is 7.05 Å². The third-order valence-electron chi connectivity index (χ3n) is 3.70. The molecule has 0 radical (unpaired) electrons. The number of pyridine rings is 1. The van der Waals surface area contributed by atoms with E-state index in [1.54, 1.807) is 0 Å². The first kappa shape index (κ1) is 13.7. The Morgan fingerprint density at radius 3 is 3.05 bits per heavy atom. The summed E-state index contributed by atoms with van der Waals surface area (Å²) in [6, 6.07) is 10.7. The fourth-order valence-corrected chi connectivity index (χ4v) is 3.59. The summed E-state index contributed by atoms with van der Waals surface area (Å²) in [6.07, 6.45) is 1.25. The predicted octanol–water partition coefficient (Wildman–Crippen LogP) is 2.90. The second kappa shape index (κ2) is 6.46. The van der Waals surface area contributed by atoms with E-state index in [-0.39, 0.29) is 0 Å². The molecule has 0 spiro atoms. The van der Waals surface area contributed by atoms with Gasteiger partial charge in [-0.2, -0.15) is 11.8 Å². The maximum absolute atomic E-state index is 4.87. The van der Waals surface area contributed by atoms with Crippen molar-refractivity contribution in [3.8, 4) is 0 Å². The molecule has 1 N–H and O–H groups in total. The molecular formula is C16H21N3S. The molecule has 106 valence electrons. The molecule has 1 aromatic carbocycles. The van der Waals surface area contributed by atoms with E-state index in [4.69, 9.17) is 4.98 Å². The summed E-state index contributed by atoms with van der Waals surface area (Å²) in [7, 11) is 2.00. The Labute approximate surface area is 124 Å². The highest BCUT2D eigenvalue weighted by Gasteiger charge is 2.13. The lowest BCUT2D eigenvalue weighted by molar-refractivity contribution is 0.794. The van der Waals surface area contributed by atoms with Crippen LogP contribution in [0.5, 0.6) is 0 Å². The van der Waals surface area contributed by atoms with Crippen LogP contribution in [0.4, 0.5) is 5.82 Å². The van der Waals surface area contributed by atoms with Gasteiger partial charge in [-0.05, 0) is 36.9 Å². The van der Waals surface area contributed by atoms with Gasteiger partial charge in [-0.15, -0.1) is 0 Å². The Morgan fingerprint density at radius 1 is 1.25 bits per heavy atom. The molecule has 2 aromatic rings. The number of hydrogen-bond donors (Lipinski definition) is 1. The molecule has 3 nitrogen and oxygen atoms in total. The lowest BCUT2D eigenvalue weighted by atomic mass is 10.1. The summed E-state index contributed by atoms with van der Waals surface area (Å²) < 4.78 is 0. The highest BCUT2D eigenvalue weighted by atomic mass is 32.2. The summed E-state index contributed by atoms with van der Waals surface area (Å²) in [5.41, 5.74) is 2.44. The molecule has 0 amide bonds. The molecule has 4 heteroatoms. The van der Waals surface area contributed by atoms with Gasteiger partial charge >= 0.3 is 0 Å². The van der Waals surface area contributed by atoms with Gasteiger partial charge < -0.3 is 10.2 Å². The Balaban J connectivity index is 2.01. The van der Waals surface area contributed by atoms with Crippen LogP contribution in [0.1, 0.15) is 12.0 Å². The number of nitrogens with zero attached hydrogens (tertiary/aromatic N) is 2. The Morgan fingerprint density at radius 2 is 2.15 bits per heavy atom. The summed E-state index contributed by atoms with van der Waals surface area (Å²) in [4.78, 5) is 7.31. The van der Waals surface area contributed by atoms with E-state index < -0.39 is 0 Å². The number of fused-ring (bicyclic) bond motifs is 1. The van der Waals surface area contributed by atoms with Gasteiger partial charge in [-0.3, -0.25) is 0 Å². The average Bonchev–Trinajstić information content (AvgIpc) is 2.76. The van der Waals surface area contributed by atoms with Crippen LogP contribution in [-0.2, 0) is 6.54 Å². The van der Waals surface area contributed by atoms with Gasteiger partial charge in [0.1, 0.15) is 5.82 Å². The topological polar surface area (TPSA) is 28.2 Å². The van der Waals surface area contributed by atoms with Crippen molar-refractivity contribution in [3.05, 3.63) is 35.9 Å². The van der Waals surface area contributed by atoms with Gasteiger partial charge in [0.15, 0.2) is 0 Å². The first-order valence-corrected chi connectivity index (χ1v) is 8.40. The third kappa shape index (κ3) is 2.91. The molecule has 2 heterocycles. The monoisotopic (exact) mass is 287 g/mol. The van der Waals surface area contributed by atoms with Crippen molar-refractivity contribution >= 4 is 28.5 Å². The third-order valence-corrected chi connectivity index (χ3v) is 4.75. The Bertz CT molecular complexity index is 577. The molecule has 20 heavy (non-hydrogen) atoms. The second-order valence-corrected chi connectivity index (χ2v) is 6.36. The second-order valence-electron chi connectivity index (χ2n) is 5.14. The van der Waals surface area contributed by atoms with Gasteiger partial charge in [0, 0.05) is 30.8 Å². The van der Waals surface area contributed by atoms with E-state index in [2.05, 4.69) is 52.3 Å². The fourth-order valence-electron chi connectivity index (χ4n) is 2.71. The molecule has 0 bridgehead atoms. The lowest BCUT2D eigenvalue weighted by Gasteiger charge is -2.22. The van der Waals surface area contributed by atoms with Crippen molar-refractivity contribution < 1.29 is 0 Å². The minimum Gasteiger partial charge on any atom is -0.356 e. The van der Waals surface area contributed by atoms with Crippen molar-refractivity contribution in [2.45, 2.75) is 13.0 Å². The van der Waals surface area contributed by atoms with E-state index >= 15 is 0 Å². The number of thioether (sulfide) groups is 1. The Kier molecular flexibility index (Phi) is 4.43. The quantitative estimate of drug-likeness (QED) is 0.939. The molecule has 1 saturated heterocycles. The fraction of sp³-hybridized carbons (Fsp3) is 0.438. The first-order valence-electron chi connectivity index (χ1n) is 7.24. The van der Waals surface area contributed by atoms with E-state index in [0.717, 1.165) is 31.0 Å². The molecule has 0 unspecified atom stereocenters. The number of nitrogens with one attached hydrogen (secondary N) is 1. The van der Waals surface area contributed by atoms with Crippen LogP contribution in [0.15, 0.2) is 30.3 Å². The van der Waals surface area contributed by atoms with Crippen LogP contribution in [0.3, 0.4) is 0 Å². The molecule has 1 fully saturated rings.